The number of halogens is 1. The van der Waals surface area contributed by atoms with Gasteiger partial charge in [-0.25, -0.2) is 0 Å². The second-order valence-corrected chi connectivity index (χ2v) is 5.92. The molecule has 0 atom stereocenters. The van der Waals surface area contributed by atoms with Crippen LogP contribution >= 0.6 is 22.6 Å². The van der Waals surface area contributed by atoms with Gasteiger partial charge in [0, 0.05) is 0 Å². The number of fused-ring (bicyclic) bond motifs is 1. The number of nitrogens with zero attached hydrogens (tertiary/aromatic N) is 1. The third-order valence-corrected chi connectivity index (χ3v) is 4.54. The van der Waals surface area contributed by atoms with Crippen LogP contribution in [0.15, 0.2) is 18.2 Å². The van der Waals surface area contributed by atoms with E-state index < -0.39 is 0 Å². The van der Waals surface area contributed by atoms with Crippen molar-refractivity contribution in [2.75, 3.05) is 2.71 Å². The molecule has 0 saturated carbocycles. The Balaban J connectivity index is 2.67. The van der Waals surface area contributed by atoms with E-state index in [1.807, 2.05) is 12.1 Å². The third-order valence-electron chi connectivity index (χ3n) is 1.88. The van der Waals surface area contributed by atoms with Gasteiger partial charge in [0.2, 0.25) is 0 Å². The Bertz CT molecular complexity index is 419. The molecule has 0 bridgehead atoms. The predicted octanol–water partition coefficient (Wildman–Crippen LogP) is 0.904. The number of anilines is 1. The van der Waals surface area contributed by atoms with Gasteiger partial charge < -0.3 is 0 Å². The second kappa shape index (κ2) is 3.30. The Morgan fingerprint density at radius 2 is 2.00 bits per heavy atom. The molecule has 0 radical (unpaired) electrons. The summed E-state index contributed by atoms with van der Waals surface area (Å²) < 4.78 is 2.53. The molecule has 1 amide bonds. The summed E-state index contributed by atoms with van der Waals surface area (Å²) in [5.74, 6) is -0.738. The molecule has 0 saturated heterocycles. The Labute approximate surface area is 105 Å². The van der Waals surface area contributed by atoms with Crippen molar-refractivity contribution in [1.82, 2.24) is 0 Å². The first-order valence-corrected chi connectivity index (χ1v) is 6.63. The van der Waals surface area contributed by atoms with Gasteiger partial charge in [-0.1, -0.05) is 0 Å². The van der Waals surface area contributed by atoms with Crippen LogP contribution in [0, 0.1) is 3.57 Å². The van der Waals surface area contributed by atoms with Gasteiger partial charge in [0.1, 0.15) is 0 Å². The molecule has 1 aromatic rings. The van der Waals surface area contributed by atoms with Crippen LogP contribution in [0.2, 0.25) is 0 Å². The number of hydrogen-bond acceptors (Lipinski definition) is 2. The molecule has 0 spiro atoms. The summed E-state index contributed by atoms with van der Waals surface area (Å²) in [6.07, 6.45) is 0. The van der Waals surface area contributed by atoms with Crippen molar-refractivity contribution in [3.05, 3.63) is 27.3 Å². The molecule has 1 aromatic carbocycles. The normalized spacial score (nSPS) is 14.9. The van der Waals surface area contributed by atoms with Gasteiger partial charge in [-0.15, -0.1) is 0 Å². The van der Waals surface area contributed by atoms with Crippen LogP contribution in [0.4, 0.5) is 5.69 Å². The number of rotatable bonds is 0. The maximum absolute atomic E-state index is 11.4. The van der Waals surface area contributed by atoms with Gasteiger partial charge in [-0.05, 0) is 0 Å². The molecule has 0 aliphatic carbocycles. The van der Waals surface area contributed by atoms with Crippen LogP contribution < -0.4 is 2.71 Å². The molecule has 0 unspecified atom stereocenters. The molecular formula is C8H3INO2Tl. The van der Waals surface area contributed by atoms with E-state index in [9.17, 15) is 9.59 Å². The minimum absolute atomic E-state index is 0.350. The van der Waals surface area contributed by atoms with Crippen molar-refractivity contribution in [3.8, 4) is 0 Å². The fourth-order valence-electron chi connectivity index (χ4n) is 1.23. The van der Waals surface area contributed by atoms with Crippen LogP contribution in [0.3, 0.4) is 0 Å². The van der Waals surface area contributed by atoms with Crippen molar-refractivity contribution in [2.45, 2.75) is 0 Å². The van der Waals surface area contributed by atoms with E-state index in [0.717, 1.165) is 9.26 Å². The summed E-state index contributed by atoms with van der Waals surface area (Å²) in [4.78, 5) is 22.7. The Morgan fingerprint density at radius 3 is 2.69 bits per heavy atom. The Morgan fingerprint density at radius 1 is 1.31 bits per heavy atom. The maximum atomic E-state index is 11.4. The molecule has 5 heteroatoms. The Hall–Kier alpha value is 0.0121. The van der Waals surface area contributed by atoms with Crippen molar-refractivity contribution in [1.29, 1.82) is 0 Å². The van der Waals surface area contributed by atoms with Crippen LogP contribution in [0.5, 0.6) is 0 Å². The van der Waals surface area contributed by atoms with Gasteiger partial charge in [-0.2, -0.15) is 0 Å². The fraction of sp³-hybridized carbons (Fsp3) is 0. The molecule has 1 heterocycles. The molecule has 2 rings (SSSR count). The number of hydrogen-bond donors (Lipinski definition) is 0. The van der Waals surface area contributed by atoms with Crippen LogP contribution in [0.1, 0.15) is 10.4 Å². The number of Topliss-reactive ketones (excluding diaryl/α,β-unsaturated/α-hetero) is 1. The number of ketones is 1. The molecule has 0 N–H and O–H groups in total. The van der Waals surface area contributed by atoms with Gasteiger partial charge in [0.25, 0.3) is 0 Å². The van der Waals surface area contributed by atoms with Gasteiger partial charge in [0.05, 0.1) is 0 Å². The number of carbonyl (C=O) groups is 2. The first-order valence-electron chi connectivity index (χ1n) is 3.54. The standard InChI is InChI=1S/C8H4INO2.Tl/c9-4-1-2-6-5(3-4)7(11)8(12)10-6;/h1-3H,(H,10,11,12);/q;+1/p-1. The first-order chi connectivity index (χ1) is 6.11. The number of benzene rings is 1. The van der Waals surface area contributed by atoms with Crippen molar-refractivity contribution >= 4 is 66.0 Å². The zero-order valence-corrected chi connectivity index (χ0v) is 13.1. The molecule has 1 aliphatic rings. The van der Waals surface area contributed by atoms with Crippen LogP contribution in [-0.2, 0) is 4.79 Å². The summed E-state index contributed by atoms with van der Waals surface area (Å²) in [6.45, 7) is 0. The number of amides is 1. The summed E-state index contributed by atoms with van der Waals surface area (Å²) in [5, 5.41) is 0. The van der Waals surface area contributed by atoms with Gasteiger partial charge in [-0.3, -0.25) is 0 Å². The quantitative estimate of drug-likeness (QED) is 0.317. The molecule has 0 aromatic heterocycles. The topological polar surface area (TPSA) is 37.4 Å². The minimum atomic E-state index is -0.373. The summed E-state index contributed by atoms with van der Waals surface area (Å²) in [5.41, 5.74) is 1.33. The van der Waals surface area contributed by atoms with E-state index in [1.54, 1.807) is 8.78 Å². The summed E-state index contributed by atoms with van der Waals surface area (Å²) in [7, 11) is 0. The van der Waals surface area contributed by atoms with Crippen molar-refractivity contribution in [2.24, 2.45) is 0 Å². The predicted molar refractivity (Wildman–Crippen MR) is 56.7 cm³/mol. The van der Waals surface area contributed by atoms with Gasteiger partial charge >= 0.3 is 106 Å². The molecular weight excluding hydrogens is 473 g/mol. The van der Waals surface area contributed by atoms with Gasteiger partial charge in [0.15, 0.2) is 0 Å². The van der Waals surface area contributed by atoms with E-state index in [4.69, 9.17) is 0 Å². The SMILES string of the molecule is O=C1C(=O)[N]([Tl])c2ccc(I)cc21. The Kier molecular flexibility index (Phi) is 2.43. The number of carbonyl (C=O) groups excluding carboxylic acids is 2. The van der Waals surface area contributed by atoms with E-state index in [2.05, 4.69) is 22.6 Å². The molecule has 1 aliphatic heterocycles. The third kappa shape index (κ3) is 1.43. The van der Waals surface area contributed by atoms with Crippen LogP contribution in [0.25, 0.3) is 0 Å². The van der Waals surface area contributed by atoms with Crippen molar-refractivity contribution < 1.29 is 9.59 Å². The first kappa shape index (κ1) is 9.56. The van der Waals surface area contributed by atoms with E-state index in [1.165, 1.54) is 0 Å². The zero-order chi connectivity index (χ0) is 9.59. The van der Waals surface area contributed by atoms with E-state index in [0.29, 0.717) is 31.6 Å². The molecule has 3 nitrogen and oxygen atoms in total. The molecule has 0 fully saturated rings. The molecule has 62 valence electrons. The van der Waals surface area contributed by atoms with Crippen LogP contribution in [-0.4, -0.2) is 37.8 Å². The average Bonchev–Trinajstić information content (AvgIpc) is 2.32. The second-order valence-electron chi connectivity index (χ2n) is 2.67. The summed E-state index contributed by atoms with van der Waals surface area (Å²) >= 11 is 2.48. The molecule has 13 heavy (non-hydrogen) atoms. The average molecular weight is 476 g/mol. The zero-order valence-electron chi connectivity index (χ0n) is 6.45. The summed E-state index contributed by atoms with van der Waals surface area (Å²) in [6, 6.07) is 5.50. The fourth-order valence-corrected chi connectivity index (χ4v) is 3.06. The van der Waals surface area contributed by atoms with E-state index >= 15 is 0 Å². The monoisotopic (exact) mass is 477 g/mol. The van der Waals surface area contributed by atoms with E-state index in [-0.39, 0.29) is 11.7 Å². The van der Waals surface area contributed by atoms with Crippen molar-refractivity contribution in [3.63, 3.8) is 0 Å².